The number of halogens is 3. The Bertz CT molecular complexity index is 280. The van der Waals surface area contributed by atoms with Crippen molar-refractivity contribution >= 4 is 11.6 Å². The van der Waals surface area contributed by atoms with Gasteiger partial charge in [0.25, 0.3) is 0 Å². The van der Waals surface area contributed by atoms with Gasteiger partial charge >= 0.3 is 0 Å². The molecule has 1 N–H and O–H groups in total. The fourth-order valence-corrected chi connectivity index (χ4v) is 0.804. The highest BCUT2D eigenvalue weighted by molar-refractivity contribution is 6.31. The second-order valence-corrected chi connectivity index (χ2v) is 2.23. The Morgan fingerprint density at radius 3 is 2.64 bits per heavy atom. The van der Waals surface area contributed by atoms with Crippen LogP contribution in [0.2, 0.25) is 5.02 Å². The van der Waals surface area contributed by atoms with Crippen LogP contribution in [-0.4, -0.2) is 10.1 Å². The first-order valence-corrected chi connectivity index (χ1v) is 3.14. The summed E-state index contributed by atoms with van der Waals surface area (Å²) in [5.41, 5.74) is -0.313. The van der Waals surface area contributed by atoms with Crippen LogP contribution >= 0.6 is 11.6 Å². The molecule has 0 bridgehead atoms. The first kappa shape index (κ1) is 8.36. The molecular formula is C6H4ClF2NO. The summed E-state index contributed by atoms with van der Waals surface area (Å²) in [4.78, 5) is 3.02. The third kappa shape index (κ3) is 1.46. The first-order valence-electron chi connectivity index (χ1n) is 2.76. The monoisotopic (exact) mass is 179 g/mol. The molecule has 1 rings (SSSR count). The van der Waals surface area contributed by atoms with Crippen molar-refractivity contribution in [3.63, 3.8) is 0 Å². The molecule has 11 heavy (non-hydrogen) atoms. The SMILES string of the molecule is OCc1c(F)ncc(F)c1Cl. The molecule has 0 aliphatic carbocycles. The molecule has 1 aromatic rings. The highest BCUT2D eigenvalue weighted by Gasteiger charge is 2.11. The quantitative estimate of drug-likeness (QED) is 0.663. The van der Waals surface area contributed by atoms with Crippen LogP contribution in [0.25, 0.3) is 0 Å². The maximum absolute atomic E-state index is 12.5. The third-order valence-corrected chi connectivity index (χ3v) is 1.58. The number of hydrogen-bond acceptors (Lipinski definition) is 2. The van der Waals surface area contributed by atoms with E-state index in [0.717, 1.165) is 0 Å². The van der Waals surface area contributed by atoms with Crippen LogP contribution < -0.4 is 0 Å². The smallest absolute Gasteiger partial charge is 0.220 e. The van der Waals surface area contributed by atoms with E-state index in [-0.39, 0.29) is 5.56 Å². The van der Waals surface area contributed by atoms with Crippen molar-refractivity contribution in [2.24, 2.45) is 0 Å². The van der Waals surface area contributed by atoms with E-state index in [9.17, 15) is 8.78 Å². The maximum atomic E-state index is 12.5. The van der Waals surface area contributed by atoms with E-state index in [1.165, 1.54) is 0 Å². The average molecular weight is 180 g/mol. The lowest BCUT2D eigenvalue weighted by atomic mass is 10.3. The second-order valence-electron chi connectivity index (χ2n) is 1.85. The minimum absolute atomic E-state index is 0.313. The molecule has 0 atom stereocenters. The Hall–Kier alpha value is -0.740. The lowest BCUT2D eigenvalue weighted by Gasteiger charge is -2.00. The zero-order valence-electron chi connectivity index (χ0n) is 5.31. The molecule has 60 valence electrons. The van der Waals surface area contributed by atoms with Gasteiger partial charge in [-0.25, -0.2) is 9.37 Å². The standard InChI is InChI=1S/C6H4ClF2NO/c7-5-3(2-11)6(9)10-1-4(5)8/h1,11H,2H2. The molecule has 0 spiro atoms. The Labute approximate surface area is 66.4 Å². The van der Waals surface area contributed by atoms with Gasteiger partial charge in [0.2, 0.25) is 5.95 Å². The summed E-state index contributed by atoms with van der Waals surface area (Å²) < 4.78 is 25.0. The molecule has 2 nitrogen and oxygen atoms in total. The van der Waals surface area contributed by atoms with Gasteiger partial charge in [-0.15, -0.1) is 0 Å². The van der Waals surface area contributed by atoms with Crippen LogP contribution in [0.3, 0.4) is 0 Å². The fraction of sp³-hybridized carbons (Fsp3) is 0.167. The molecule has 1 aromatic heterocycles. The number of aliphatic hydroxyl groups is 1. The number of rotatable bonds is 1. The van der Waals surface area contributed by atoms with E-state index in [0.29, 0.717) is 6.20 Å². The number of nitrogens with zero attached hydrogens (tertiary/aromatic N) is 1. The Balaban J connectivity index is 3.29. The van der Waals surface area contributed by atoms with Gasteiger partial charge in [0.1, 0.15) is 0 Å². The summed E-state index contributed by atoms with van der Waals surface area (Å²) in [5, 5.41) is 8.08. The predicted octanol–water partition coefficient (Wildman–Crippen LogP) is 1.51. The van der Waals surface area contributed by atoms with Gasteiger partial charge in [0.15, 0.2) is 5.82 Å². The normalized spacial score (nSPS) is 10.2. The molecule has 5 heteroatoms. The number of aromatic nitrogens is 1. The lowest BCUT2D eigenvalue weighted by Crippen LogP contribution is -1.97. The maximum Gasteiger partial charge on any atom is 0.220 e. The van der Waals surface area contributed by atoms with E-state index < -0.39 is 23.4 Å². The van der Waals surface area contributed by atoms with Gasteiger partial charge in [-0.3, -0.25) is 0 Å². The molecule has 0 aliphatic rings. The van der Waals surface area contributed by atoms with Gasteiger partial charge in [0, 0.05) is 0 Å². The topological polar surface area (TPSA) is 33.1 Å². The first-order chi connectivity index (χ1) is 5.16. The summed E-state index contributed by atoms with van der Waals surface area (Å²) in [7, 11) is 0. The van der Waals surface area contributed by atoms with Crippen LogP contribution in [0, 0.1) is 11.8 Å². The van der Waals surface area contributed by atoms with E-state index in [4.69, 9.17) is 16.7 Å². The molecule has 0 aliphatic heterocycles. The summed E-state index contributed by atoms with van der Waals surface area (Å²) >= 11 is 5.28. The fourth-order valence-electron chi connectivity index (χ4n) is 0.617. The highest BCUT2D eigenvalue weighted by Crippen LogP contribution is 2.20. The number of hydrogen-bond donors (Lipinski definition) is 1. The van der Waals surface area contributed by atoms with Crippen LogP contribution in [0.5, 0.6) is 0 Å². The molecule has 0 radical (unpaired) electrons. The molecule has 0 fully saturated rings. The van der Waals surface area contributed by atoms with Crippen LogP contribution in [-0.2, 0) is 6.61 Å². The second kappa shape index (κ2) is 3.11. The predicted molar refractivity (Wildman–Crippen MR) is 35.1 cm³/mol. The van der Waals surface area contributed by atoms with Crippen molar-refractivity contribution in [2.45, 2.75) is 6.61 Å². The minimum atomic E-state index is -0.945. The average Bonchev–Trinajstić information content (AvgIpc) is 1.99. The van der Waals surface area contributed by atoms with Gasteiger partial charge < -0.3 is 5.11 Å². The molecule has 0 amide bonds. The summed E-state index contributed by atoms with van der Waals surface area (Å²) in [5.74, 6) is -1.78. The Kier molecular flexibility index (Phi) is 2.36. The van der Waals surface area contributed by atoms with Gasteiger partial charge in [-0.1, -0.05) is 11.6 Å². The zero-order chi connectivity index (χ0) is 8.43. The Morgan fingerprint density at radius 2 is 2.18 bits per heavy atom. The van der Waals surface area contributed by atoms with Gasteiger partial charge in [0.05, 0.1) is 23.4 Å². The third-order valence-electron chi connectivity index (χ3n) is 1.17. The van der Waals surface area contributed by atoms with Crippen LogP contribution in [0.15, 0.2) is 6.20 Å². The summed E-state index contributed by atoms with van der Waals surface area (Å²) in [6.45, 7) is -0.657. The van der Waals surface area contributed by atoms with Crippen molar-refractivity contribution in [3.05, 3.63) is 28.5 Å². The Morgan fingerprint density at radius 1 is 1.55 bits per heavy atom. The van der Waals surface area contributed by atoms with Crippen molar-refractivity contribution in [3.8, 4) is 0 Å². The molecule has 1 heterocycles. The van der Waals surface area contributed by atoms with E-state index in [1.807, 2.05) is 0 Å². The minimum Gasteiger partial charge on any atom is -0.391 e. The highest BCUT2D eigenvalue weighted by atomic mass is 35.5. The van der Waals surface area contributed by atoms with Crippen molar-refractivity contribution in [2.75, 3.05) is 0 Å². The lowest BCUT2D eigenvalue weighted by molar-refractivity contribution is 0.273. The van der Waals surface area contributed by atoms with E-state index in [1.54, 1.807) is 0 Å². The van der Waals surface area contributed by atoms with E-state index >= 15 is 0 Å². The molecule has 0 aromatic carbocycles. The van der Waals surface area contributed by atoms with Crippen LogP contribution in [0.4, 0.5) is 8.78 Å². The largest absolute Gasteiger partial charge is 0.391 e. The summed E-state index contributed by atoms with van der Waals surface area (Å²) in [6, 6.07) is 0. The summed E-state index contributed by atoms with van der Waals surface area (Å²) in [6.07, 6.45) is 0.664. The van der Waals surface area contributed by atoms with Gasteiger partial charge in [-0.2, -0.15) is 4.39 Å². The zero-order valence-corrected chi connectivity index (χ0v) is 6.07. The van der Waals surface area contributed by atoms with Crippen molar-refractivity contribution in [1.29, 1.82) is 0 Å². The van der Waals surface area contributed by atoms with Crippen molar-refractivity contribution in [1.82, 2.24) is 4.98 Å². The molecule has 0 unspecified atom stereocenters. The molecule has 0 saturated heterocycles. The number of pyridine rings is 1. The van der Waals surface area contributed by atoms with E-state index in [2.05, 4.69) is 4.98 Å². The van der Waals surface area contributed by atoms with Crippen LogP contribution in [0.1, 0.15) is 5.56 Å². The van der Waals surface area contributed by atoms with Crippen molar-refractivity contribution < 1.29 is 13.9 Å². The number of aliphatic hydroxyl groups excluding tert-OH is 1. The molecule has 0 saturated carbocycles. The molecular weight excluding hydrogens is 176 g/mol. The van der Waals surface area contributed by atoms with Gasteiger partial charge in [-0.05, 0) is 0 Å².